The zero-order valence-corrected chi connectivity index (χ0v) is 12.8. The van der Waals surface area contributed by atoms with E-state index in [1.54, 1.807) is 22.1 Å². The molecule has 0 aromatic carbocycles. The van der Waals surface area contributed by atoms with Crippen LogP contribution >= 0.6 is 27.3 Å². The zero-order valence-electron chi connectivity index (χ0n) is 10.4. The van der Waals surface area contributed by atoms with Crippen LogP contribution in [0.5, 0.6) is 0 Å². The third kappa shape index (κ3) is 3.51. The predicted molar refractivity (Wildman–Crippen MR) is 75.2 cm³/mol. The van der Waals surface area contributed by atoms with Crippen LogP contribution in [0, 0.1) is 0 Å². The lowest BCUT2D eigenvalue weighted by atomic mass is 10.4. The SMILES string of the molecule is CC(C)[n+]1noc(/N=C([O-])/C=C/c2cccs2)c1Br. The number of halogens is 1. The Balaban J connectivity index is 2.17. The summed E-state index contributed by atoms with van der Waals surface area (Å²) in [5.41, 5.74) is 0. The quantitative estimate of drug-likeness (QED) is 0.487. The summed E-state index contributed by atoms with van der Waals surface area (Å²) in [6, 6.07) is 3.97. The van der Waals surface area contributed by atoms with Gasteiger partial charge in [-0.15, -0.1) is 11.3 Å². The van der Waals surface area contributed by atoms with Gasteiger partial charge < -0.3 is 5.11 Å². The molecule has 0 radical (unpaired) electrons. The lowest BCUT2D eigenvalue weighted by Crippen LogP contribution is -2.38. The first-order chi connectivity index (χ1) is 9.08. The molecule has 2 aromatic heterocycles. The summed E-state index contributed by atoms with van der Waals surface area (Å²) in [4.78, 5) is 4.84. The molecule has 2 heterocycles. The lowest BCUT2D eigenvalue weighted by Gasteiger charge is -2.00. The fraction of sp³-hybridized carbons (Fsp3) is 0.250. The summed E-state index contributed by atoms with van der Waals surface area (Å²) in [6.45, 7) is 3.91. The maximum absolute atomic E-state index is 11.7. The number of hydrogen-bond donors (Lipinski definition) is 0. The average Bonchev–Trinajstić information content (AvgIpc) is 2.98. The molecule has 7 heteroatoms. The summed E-state index contributed by atoms with van der Waals surface area (Å²) in [7, 11) is 0. The highest BCUT2D eigenvalue weighted by Crippen LogP contribution is 2.21. The van der Waals surface area contributed by atoms with E-state index in [9.17, 15) is 5.11 Å². The minimum absolute atomic E-state index is 0.124. The number of nitrogens with zero attached hydrogens (tertiary/aromatic N) is 3. The van der Waals surface area contributed by atoms with Crippen LogP contribution in [0.2, 0.25) is 0 Å². The summed E-state index contributed by atoms with van der Waals surface area (Å²) < 4.78 is 7.17. The molecule has 0 atom stereocenters. The van der Waals surface area contributed by atoms with Crippen molar-refractivity contribution in [3.63, 3.8) is 0 Å². The number of rotatable bonds is 4. The predicted octanol–water partition coefficient (Wildman–Crippen LogP) is 2.47. The van der Waals surface area contributed by atoms with Gasteiger partial charge in [-0.25, -0.2) is 4.99 Å². The molecule has 2 aromatic rings. The number of aliphatic imine (C=N–C) groups is 1. The molecular weight excluding hydrogens is 330 g/mol. The highest BCUT2D eigenvalue weighted by Gasteiger charge is 2.23. The molecule has 19 heavy (non-hydrogen) atoms. The average molecular weight is 342 g/mol. The van der Waals surface area contributed by atoms with Gasteiger partial charge in [-0.1, -0.05) is 6.07 Å². The summed E-state index contributed by atoms with van der Waals surface area (Å²) in [5.74, 6) is -0.212. The molecular formula is C12H12BrN3O2S. The van der Waals surface area contributed by atoms with Gasteiger partial charge in [-0.2, -0.15) is 0 Å². The summed E-state index contributed by atoms with van der Waals surface area (Å²) in [6.07, 6.45) is 3.12. The molecule has 0 spiro atoms. The highest BCUT2D eigenvalue weighted by atomic mass is 79.9. The fourth-order valence-corrected chi connectivity index (χ4v) is 2.57. The second kappa shape index (κ2) is 6.12. The van der Waals surface area contributed by atoms with Crippen molar-refractivity contribution in [1.82, 2.24) is 5.27 Å². The van der Waals surface area contributed by atoms with E-state index < -0.39 is 0 Å². The first kappa shape index (κ1) is 14.0. The maximum atomic E-state index is 11.7. The smallest absolute Gasteiger partial charge is 0.342 e. The van der Waals surface area contributed by atoms with Crippen LogP contribution in [0.3, 0.4) is 0 Å². The van der Waals surface area contributed by atoms with E-state index in [1.807, 2.05) is 31.4 Å². The molecule has 0 unspecified atom stereocenters. The molecule has 0 amide bonds. The Morgan fingerprint density at radius 1 is 1.63 bits per heavy atom. The lowest BCUT2D eigenvalue weighted by molar-refractivity contribution is -0.788. The molecule has 0 saturated carbocycles. The Bertz CT molecular complexity index is 603. The van der Waals surface area contributed by atoms with E-state index in [4.69, 9.17) is 4.52 Å². The van der Waals surface area contributed by atoms with Crippen molar-refractivity contribution >= 4 is 45.1 Å². The van der Waals surface area contributed by atoms with Crippen molar-refractivity contribution in [3.05, 3.63) is 33.1 Å². The van der Waals surface area contributed by atoms with Gasteiger partial charge in [0.05, 0.1) is 0 Å². The molecule has 0 aliphatic rings. The maximum Gasteiger partial charge on any atom is 0.342 e. The molecule has 0 bridgehead atoms. The van der Waals surface area contributed by atoms with Crippen molar-refractivity contribution in [2.45, 2.75) is 19.9 Å². The highest BCUT2D eigenvalue weighted by molar-refractivity contribution is 9.10. The molecule has 0 aliphatic carbocycles. The number of hydrogen-bond acceptors (Lipinski definition) is 5. The standard InChI is InChI=1S/C12H12BrN3O2S/c1-8(2)16-11(13)12(18-15-16)14-10(17)6-5-9-4-3-7-19-9/h3-8H,1-2H3/b6-5+. The number of thiophene rings is 1. The van der Waals surface area contributed by atoms with E-state index in [-0.39, 0.29) is 17.8 Å². The summed E-state index contributed by atoms with van der Waals surface area (Å²) >= 11 is 4.86. The first-order valence-electron chi connectivity index (χ1n) is 5.62. The zero-order chi connectivity index (χ0) is 13.8. The minimum atomic E-state index is -0.388. The Labute approximate surface area is 123 Å². The number of aromatic nitrogens is 2. The Morgan fingerprint density at radius 3 is 3.00 bits per heavy atom. The second-order valence-electron chi connectivity index (χ2n) is 4.01. The molecule has 0 fully saturated rings. The third-order valence-corrected chi connectivity index (χ3v) is 3.77. The van der Waals surface area contributed by atoms with Crippen molar-refractivity contribution in [2.24, 2.45) is 4.99 Å². The Hall–Kier alpha value is -1.47. The minimum Gasteiger partial charge on any atom is -0.859 e. The van der Waals surface area contributed by atoms with Crippen LogP contribution in [-0.2, 0) is 0 Å². The van der Waals surface area contributed by atoms with Gasteiger partial charge in [0.2, 0.25) is 5.27 Å². The van der Waals surface area contributed by atoms with Crippen LogP contribution in [-0.4, -0.2) is 11.2 Å². The van der Waals surface area contributed by atoms with E-state index in [1.165, 1.54) is 6.08 Å². The molecule has 100 valence electrons. The van der Waals surface area contributed by atoms with Gasteiger partial charge in [-0.3, -0.25) is 4.52 Å². The third-order valence-electron chi connectivity index (χ3n) is 2.23. The fourth-order valence-electron chi connectivity index (χ4n) is 1.32. The van der Waals surface area contributed by atoms with Crippen molar-refractivity contribution in [2.75, 3.05) is 0 Å². The second-order valence-corrected chi connectivity index (χ2v) is 5.74. The van der Waals surface area contributed by atoms with Gasteiger partial charge in [0.1, 0.15) is 0 Å². The van der Waals surface area contributed by atoms with E-state index >= 15 is 0 Å². The summed E-state index contributed by atoms with van der Waals surface area (Å²) in [5, 5.41) is 17.4. The van der Waals surface area contributed by atoms with Gasteiger partial charge >= 0.3 is 10.5 Å². The molecule has 0 N–H and O–H groups in total. The largest absolute Gasteiger partial charge is 0.859 e. The molecule has 5 nitrogen and oxygen atoms in total. The molecule has 0 saturated heterocycles. The van der Waals surface area contributed by atoms with Crippen LogP contribution in [0.25, 0.3) is 6.08 Å². The van der Waals surface area contributed by atoms with Gasteiger partial charge in [0.25, 0.3) is 0 Å². The monoisotopic (exact) mass is 341 g/mol. The Kier molecular flexibility index (Phi) is 4.49. The van der Waals surface area contributed by atoms with Crippen LogP contribution in [0.15, 0.2) is 37.7 Å². The van der Waals surface area contributed by atoms with Gasteiger partial charge in [-0.05, 0) is 34.2 Å². The molecule has 2 rings (SSSR count). The van der Waals surface area contributed by atoms with Crippen LogP contribution in [0.4, 0.5) is 5.88 Å². The molecule has 0 aliphatic heterocycles. The topological polar surface area (TPSA) is 65.3 Å². The van der Waals surface area contributed by atoms with Crippen molar-refractivity contribution < 1.29 is 14.3 Å². The van der Waals surface area contributed by atoms with Gasteiger partial charge in [0, 0.05) is 34.7 Å². The normalized spacial score (nSPS) is 12.7. The van der Waals surface area contributed by atoms with Gasteiger partial charge in [0.15, 0.2) is 6.04 Å². The van der Waals surface area contributed by atoms with Crippen LogP contribution in [0.1, 0.15) is 24.8 Å². The van der Waals surface area contributed by atoms with Crippen molar-refractivity contribution in [1.29, 1.82) is 0 Å². The van der Waals surface area contributed by atoms with Crippen molar-refractivity contribution in [3.8, 4) is 0 Å². The van der Waals surface area contributed by atoms with Crippen LogP contribution < -0.4 is 9.79 Å². The first-order valence-corrected chi connectivity index (χ1v) is 7.29. The van der Waals surface area contributed by atoms with E-state index in [2.05, 4.69) is 26.2 Å². The van der Waals surface area contributed by atoms with E-state index in [0.717, 1.165) is 4.88 Å². The Morgan fingerprint density at radius 2 is 2.42 bits per heavy atom. The van der Waals surface area contributed by atoms with E-state index in [0.29, 0.717) is 4.60 Å².